The smallest absolute Gasteiger partial charge is 0.373 e. The number of rotatable bonds is 9. The van der Waals surface area contributed by atoms with Crippen molar-refractivity contribution in [2.24, 2.45) is 0 Å². The Morgan fingerprint density at radius 3 is 2.68 bits per heavy atom. The van der Waals surface area contributed by atoms with Gasteiger partial charge in [-0.05, 0) is 36.8 Å². The lowest BCUT2D eigenvalue weighted by Gasteiger charge is -2.09. The van der Waals surface area contributed by atoms with Crippen molar-refractivity contribution in [2.45, 2.75) is 13.5 Å². The maximum atomic E-state index is 12.7. The molecule has 2 aromatic rings. The van der Waals surface area contributed by atoms with E-state index in [0.717, 1.165) is 11.0 Å². The number of methoxy groups -OCH3 is 1. The van der Waals surface area contributed by atoms with E-state index in [9.17, 15) is 29.3 Å². The minimum atomic E-state index is -0.740. The highest BCUT2D eigenvalue weighted by molar-refractivity contribution is 6.13. The highest BCUT2D eigenvalue weighted by atomic mass is 16.6. The van der Waals surface area contributed by atoms with Crippen molar-refractivity contribution in [3.63, 3.8) is 0 Å². The topological polar surface area (TPSA) is 168 Å². The zero-order chi connectivity index (χ0) is 24.8. The van der Waals surface area contributed by atoms with Crippen molar-refractivity contribution in [2.75, 3.05) is 20.3 Å². The number of amides is 3. The van der Waals surface area contributed by atoms with Crippen LogP contribution in [0.2, 0.25) is 0 Å². The van der Waals surface area contributed by atoms with Gasteiger partial charge in [-0.25, -0.2) is 14.4 Å². The first-order valence-electron chi connectivity index (χ1n) is 9.82. The molecule has 178 valence electrons. The maximum Gasteiger partial charge on any atom is 0.373 e. The number of nitrogens with one attached hydrogen (secondary N) is 1. The van der Waals surface area contributed by atoms with Crippen molar-refractivity contribution in [1.82, 2.24) is 10.2 Å². The van der Waals surface area contributed by atoms with Gasteiger partial charge in [-0.15, -0.1) is 0 Å². The summed E-state index contributed by atoms with van der Waals surface area (Å²) in [6.07, 6.45) is 1.25. The van der Waals surface area contributed by atoms with Crippen LogP contribution < -0.4 is 10.1 Å². The zero-order valence-electron chi connectivity index (χ0n) is 18.1. The molecule has 1 aliphatic rings. The lowest BCUT2D eigenvalue weighted by atomic mass is 10.1. The summed E-state index contributed by atoms with van der Waals surface area (Å²) in [6.45, 7) is 0.990. The van der Waals surface area contributed by atoms with Gasteiger partial charge < -0.3 is 23.9 Å². The number of carbonyl (C=O) groups is 4. The van der Waals surface area contributed by atoms with Gasteiger partial charge in [-0.1, -0.05) is 6.07 Å². The largest absolute Gasteiger partial charge is 0.475 e. The van der Waals surface area contributed by atoms with Gasteiger partial charge in [0, 0.05) is 6.07 Å². The number of benzene rings is 1. The Balaban J connectivity index is 1.76. The molecule has 1 N–H and O–H groups in total. The van der Waals surface area contributed by atoms with Crippen molar-refractivity contribution in [3.8, 4) is 5.75 Å². The Bertz CT molecular complexity index is 1180. The fourth-order valence-corrected chi connectivity index (χ4v) is 2.94. The first-order valence-corrected chi connectivity index (χ1v) is 9.82. The molecular weight excluding hydrogens is 454 g/mol. The molecule has 0 bridgehead atoms. The van der Waals surface area contributed by atoms with Gasteiger partial charge in [0.25, 0.3) is 5.91 Å². The Morgan fingerprint density at radius 1 is 1.24 bits per heavy atom. The van der Waals surface area contributed by atoms with Crippen LogP contribution in [-0.4, -0.2) is 54.0 Å². The molecule has 3 amide bonds. The minimum absolute atomic E-state index is 0.0853. The second-order valence-corrected chi connectivity index (χ2v) is 6.71. The van der Waals surface area contributed by atoms with Gasteiger partial charge in [0.05, 0.1) is 25.2 Å². The quantitative estimate of drug-likeness (QED) is 0.187. The van der Waals surface area contributed by atoms with Crippen LogP contribution in [0.15, 0.2) is 40.4 Å². The van der Waals surface area contributed by atoms with E-state index in [1.54, 1.807) is 6.92 Å². The molecule has 1 aliphatic heterocycles. The van der Waals surface area contributed by atoms with E-state index < -0.39 is 41.1 Å². The van der Waals surface area contributed by atoms with Crippen molar-refractivity contribution >= 4 is 35.6 Å². The summed E-state index contributed by atoms with van der Waals surface area (Å²) >= 11 is 0. The van der Waals surface area contributed by atoms with E-state index in [1.807, 2.05) is 0 Å². The van der Waals surface area contributed by atoms with Gasteiger partial charge in [0.2, 0.25) is 5.76 Å². The molecule has 3 rings (SSSR count). The van der Waals surface area contributed by atoms with Gasteiger partial charge in [-0.3, -0.25) is 19.8 Å². The van der Waals surface area contributed by atoms with Crippen LogP contribution in [0.1, 0.15) is 28.8 Å². The third kappa shape index (κ3) is 5.38. The predicted octanol–water partition coefficient (Wildman–Crippen LogP) is 2.01. The average Bonchev–Trinajstić information content (AvgIpc) is 3.38. The molecule has 1 aromatic heterocycles. The maximum absolute atomic E-state index is 12.7. The summed E-state index contributed by atoms with van der Waals surface area (Å²) in [7, 11) is 1.18. The number of nitro benzene ring substituents is 1. The molecule has 1 saturated heterocycles. The Labute approximate surface area is 192 Å². The molecule has 2 heterocycles. The Kier molecular flexibility index (Phi) is 7.26. The van der Waals surface area contributed by atoms with E-state index in [4.69, 9.17) is 13.9 Å². The molecule has 1 fully saturated rings. The fraction of sp³-hybridized carbons (Fsp3) is 0.238. The number of ether oxygens (including phenoxy) is 3. The highest BCUT2D eigenvalue weighted by Crippen LogP contribution is 2.29. The zero-order valence-corrected chi connectivity index (χ0v) is 18.1. The third-order valence-corrected chi connectivity index (χ3v) is 4.47. The average molecular weight is 473 g/mol. The molecule has 1 aromatic carbocycles. The molecule has 0 atom stereocenters. The number of carbonyl (C=O) groups excluding carboxylic acids is 4. The summed E-state index contributed by atoms with van der Waals surface area (Å²) in [6, 6.07) is 5.84. The summed E-state index contributed by atoms with van der Waals surface area (Å²) in [5.74, 6) is -2.17. The van der Waals surface area contributed by atoms with Gasteiger partial charge in [0.15, 0.2) is 12.4 Å². The van der Waals surface area contributed by atoms with Crippen LogP contribution in [0.25, 0.3) is 6.08 Å². The second kappa shape index (κ2) is 10.3. The Morgan fingerprint density at radius 2 is 2.00 bits per heavy atom. The Hall–Kier alpha value is -4.68. The van der Waals surface area contributed by atoms with E-state index in [2.05, 4.69) is 10.1 Å². The third-order valence-electron chi connectivity index (χ3n) is 4.47. The van der Waals surface area contributed by atoms with Crippen molar-refractivity contribution in [3.05, 3.63) is 63.2 Å². The molecule has 0 radical (unpaired) electrons. The number of imide groups is 1. The molecule has 13 heteroatoms. The molecule has 0 unspecified atom stereocenters. The molecule has 0 spiro atoms. The monoisotopic (exact) mass is 473 g/mol. The number of urea groups is 1. The van der Waals surface area contributed by atoms with Crippen LogP contribution in [0.4, 0.5) is 10.5 Å². The minimum Gasteiger partial charge on any atom is -0.475 e. The molecule has 0 aliphatic carbocycles. The van der Waals surface area contributed by atoms with Crippen LogP contribution in [0, 0.1) is 10.1 Å². The number of nitro groups is 1. The second-order valence-electron chi connectivity index (χ2n) is 6.71. The molecular formula is C21H19N3O10. The van der Waals surface area contributed by atoms with Crippen molar-refractivity contribution < 1.29 is 42.7 Å². The van der Waals surface area contributed by atoms with Crippen LogP contribution in [0.3, 0.4) is 0 Å². The molecule has 13 nitrogen and oxygen atoms in total. The van der Waals surface area contributed by atoms with E-state index in [-0.39, 0.29) is 41.7 Å². The van der Waals surface area contributed by atoms with Gasteiger partial charge in [0.1, 0.15) is 11.5 Å². The summed E-state index contributed by atoms with van der Waals surface area (Å²) in [5.41, 5.74) is -0.343. The van der Waals surface area contributed by atoms with Crippen LogP contribution in [0.5, 0.6) is 5.75 Å². The standard InChI is InChI=1S/C21H19N3O10/c1-3-32-18(25)11-33-16-6-4-12(9-15(16)24(29)30)8-14-19(26)23(21(28)22-14)10-13-5-7-17(34-13)20(27)31-2/h4-9H,3,10-11H2,1-2H3,(H,22,28). The van der Waals surface area contributed by atoms with Crippen LogP contribution in [-0.2, 0) is 25.6 Å². The van der Waals surface area contributed by atoms with Crippen LogP contribution >= 0.6 is 0 Å². The predicted molar refractivity (Wildman–Crippen MR) is 112 cm³/mol. The SMILES string of the molecule is CCOC(=O)COc1ccc(C=C2NC(=O)N(Cc3ccc(C(=O)OC)o3)C2=O)cc1[N+](=O)[O-]. The number of hydrogen-bond donors (Lipinski definition) is 1. The first-order chi connectivity index (χ1) is 16.2. The van der Waals surface area contributed by atoms with E-state index in [0.29, 0.717) is 0 Å². The molecule has 0 saturated carbocycles. The summed E-state index contributed by atoms with van der Waals surface area (Å²) < 4.78 is 19.7. The lowest BCUT2D eigenvalue weighted by Crippen LogP contribution is -2.30. The number of hydrogen-bond acceptors (Lipinski definition) is 10. The number of furan rings is 1. The fourth-order valence-electron chi connectivity index (χ4n) is 2.94. The van der Waals surface area contributed by atoms with E-state index >= 15 is 0 Å². The summed E-state index contributed by atoms with van der Waals surface area (Å²) in [5, 5.41) is 13.8. The lowest BCUT2D eigenvalue weighted by molar-refractivity contribution is -0.385. The van der Waals surface area contributed by atoms with Gasteiger partial charge in [-0.2, -0.15) is 0 Å². The first kappa shape index (κ1) is 24.0. The summed E-state index contributed by atoms with van der Waals surface area (Å²) in [4.78, 5) is 59.4. The van der Waals surface area contributed by atoms with E-state index in [1.165, 1.54) is 37.5 Å². The number of esters is 2. The molecule has 34 heavy (non-hydrogen) atoms. The highest BCUT2D eigenvalue weighted by Gasteiger charge is 2.34. The van der Waals surface area contributed by atoms with Crippen molar-refractivity contribution in [1.29, 1.82) is 0 Å². The number of nitrogens with zero attached hydrogens (tertiary/aromatic N) is 2. The normalized spacial score (nSPS) is 14.2. The van der Waals surface area contributed by atoms with Gasteiger partial charge >= 0.3 is 23.7 Å².